The maximum atomic E-state index is 2.52. The Kier molecular flexibility index (Phi) is 5.88. The van der Waals surface area contributed by atoms with Gasteiger partial charge in [-0.05, 0) is 0 Å². The van der Waals surface area contributed by atoms with E-state index in [-0.39, 0.29) is 0 Å². The summed E-state index contributed by atoms with van der Waals surface area (Å²) in [7, 11) is -1.03. The van der Waals surface area contributed by atoms with Crippen LogP contribution in [-0.4, -0.2) is 24.6 Å². The molecular formula is C12H27P. The SMILES string of the molecule is CC/C=C\C(C)[PH](C)(C)C(C)CC. The molecule has 2 atom stereocenters. The van der Waals surface area contributed by atoms with Crippen LogP contribution in [0.4, 0.5) is 0 Å². The van der Waals surface area contributed by atoms with Crippen LogP contribution in [0.3, 0.4) is 0 Å². The molecular weight excluding hydrogens is 175 g/mol. The molecule has 0 amide bonds. The van der Waals surface area contributed by atoms with Crippen molar-refractivity contribution in [1.82, 2.24) is 0 Å². The van der Waals surface area contributed by atoms with Crippen molar-refractivity contribution in [2.45, 2.75) is 51.9 Å². The van der Waals surface area contributed by atoms with Gasteiger partial charge in [0.2, 0.25) is 0 Å². The van der Waals surface area contributed by atoms with E-state index in [0.29, 0.717) is 0 Å². The summed E-state index contributed by atoms with van der Waals surface area (Å²) >= 11 is 0. The first-order valence-electron chi connectivity index (χ1n) is 5.63. The summed E-state index contributed by atoms with van der Waals surface area (Å²) < 4.78 is 0. The Bertz CT molecular complexity index is 159. The molecule has 0 aromatic heterocycles. The monoisotopic (exact) mass is 202 g/mol. The van der Waals surface area contributed by atoms with E-state index in [1.807, 2.05) is 0 Å². The van der Waals surface area contributed by atoms with E-state index in [0.717, 1.165) is 11.3 Å². The first-order valence-corrected chi connectivity index (χ1v) is 8.78. The standard InChI is InChI=1S/C12H27P/c1-7-9-10-12(4)13(5,6)11(3)8-2/h9-13H,7-8H2,1-6H3/b10-9-. The average molecular weight is 202 g/mol. The molecule has 0 aliphatic heterocycles. The van der Waals surface area contributed by atoms with E-state index in [4.69, 9.17) is 0 Å². The van der Waals surface area contributed by atoms with Gasteiger partial charge in [0, 0.05) is 0 Å². The molecule has 0 saturated heterocycles. The van der Waals surface area contributed by atoms with Gasteiger partial charge in [0.25, 0.3) is 0 Å². The Morgan fingerprint density at radius 2 is 1.69 bits per heavy atom. The number of hydrogen-bond acceptors (Lipinski definition) is 0. The molecule has 0 nitrogen and oxygen atoms in total. The third-order valence-corrected chi connectivity index (χ3v) is 9.20. The molecule has 0 aromatic rings. The third-order valence-electron chi connectivity index (χ3n) is 3.72. The number of rotatable bonds is 5. The molecule has 0 fully saturated rings. The van der Waals surface area contributed by atoms with Crippen LogP contribution in [0.1, 0.15) is 40.5 Å². The molecule has 2 unspecified atom stereocenters. The van der Waals surface area contributed by atoms with Crippen molar-refractivity contribution in [3.8, 4) is 0 Å². The first kappa shape index (κ1) is 13.2. The Labute approximate surface area is 85.1 Å². The van der Waals surface area contributed by atoms with E-state index >= 15 is 0 Å². The molecule has 0 spiro atoms. The van der Waals surface area contributed by atoms with Gasteiger partial charge in [0.05, 0.1) is 0 Å². The molecule has 1 heteroatoms. The van der Waals surface area contributed by atoms with Gasteiger partial charge in [0.1, 0.15) is 0 Å². The Hall–Kier alpha value is 0.170. The molecule has 13 heavy (non-hydrogen) atoms. The van der Waals surface area contributed by atoms with Crippen molar-refractivity contribution in [1.29, 1.82) is 0 Å². The van der Waals surface area contributed by atoms with E-state index in [1.165, 1.54) is 12.8 Å². The predicted octanol–water partition coefficient (Wildman–Crippen LogP) is 4.15. The molecule has 0 N–H and O–H groups in total. The average Bonchev–Trinajstić information content (AvgIpc) is 2.12. The second kappa shape index (κ2) is 5.81. The zero-order valence-corrected chi connectivity index (χ0v) is 11.2. The minimum atomic E-state index is -1.03. The van der Waals surface area contributed by atoms with Gasteiger partial charge in [0.15, 0.2) is 0 Å². The molecule has 0 aromatic carbocycles. The molecule has 0 bridgehead atoms. The summed E-state index contributed by atoms with van der Waals surface area (Å²) in [5, 5.41) is 0. The maximum absolute atomic E-state index is 2.52. The van der Waals surface area contributed by atoms with Crippen molar-refractivity contribution < 1.29 is 0 Å². The Morgan fingerprint density at radius 3 is 2.08 bits per heavy atom. The summed E-state index contributed by atoms with van der Waals surface area (Å²) in [5.74, 6) is 0. The zero-order chi connectivity index (χ0) is 10.5. The molecule has 0 aliphatic carbocycles. The van der Waals surface area contributed by atoms with Gasteiger partial charge in [-0.25, -0.2) is 0 Å². The number of hydrogen-bond donors (Lipinski definition) is 0. The number of allylic oxidation sites excluding steroid dienone is 2. The zero-order valence-electron chi connectivity index (χ0n) is 10.2. The molecule has 0 radical (unpaired) electrons. The molecule has 0 heterocycles. The normalized spacial score (nSPS) is 18.9. The summed E-state index contributed by atoms with van der Waals surface area (Å²) in [6.45, 7) is 14.4. The third kappa shape index (κ3) is 3.81. The van der Waals surface area contributed by atoms with Crippen LogP contribution in [0, 0.1) is 0 Å². The fourth-order valence-electron chi connectivity index (χ4n) is 1.56. The fourth-order valence-corrected chi connectivity index (χ4v) is 4.14. The van der Waals surface area contributed by atoms with Crippen LogP contribution >= 0.6 is 7.26 Å². The van der Waals surface area contributed by atoms with Crippen molar-refractivity contribution in [2.24, 2.45) is 0 Å². The van der Waals surface area contributed by atoms with Crippen LogP contribution < -0.4 is 0 Å². The second-order valence-corrected chi connectivity index (χ2v) is 10.3. The van der Waals surface area contributed by atoms with Gasteiger partial charge in [-0.3, -0.25) is 0 Å². The predicted molar refractivity (Wildman–Crippen MR) is 68.8 cm³/mol. The molecule has 0 aliphatic rings. The van der Waals surface area contributed by atoms with Crippen molar-refractivity contribution in [2.75, 3.05) is 13.3 Å². The van der Waals surface area contributed by atoms with Gasteiger partial charge in [-0.15, -0.1) is 0 Å². The van der Waals surface area contributed by atoms with Crippen molar-refractivity contribution in [3.05, 3.63) is 12.2 Å². The van der Waals surface area contributed by atoms with Gasteiger partial charge < -0.3 is 0 Å². The Balaban J connectivity index is 4.34. The molecule has 80 valence electrons. The summed E-state index contributed by atoms with van der Waals surface area (Å²) in [6.07, 6.45) is 7.26. The molecule has 0 rings (SSSR count). The van der Waals surface area contributed by atoms with Crippen LogP contribution in [0.25, 0.3) is 0 Å². The quantitative estimate of drug-likeness (QED) is 0.464. The van der Waals surface area contributed by atoms with E-state index in [1.54, 1.807) is 0 Å². The summed E-state index contributed by atoms with van der Waals surface area (Å²) in [6, 6.07) is 0. The van der Waals surface area contributed by atoms with Gasteiger partial charge in [-0.1, -0.05) is 0 Å². The van der Waals surface area contributed by atoms with Crippen molar-refractivity contribution >= 4 is 7.26 Å². The first-order chi connectivity index (χ1) is 5.96. The summed E-state index contributed by atoms with van der Waals surface area (Å²) in [4.78, 5) is 0. The van der Waals surface area contributed by atoms with Crippen molar-refractivity contribution in [3.63, 3.8) is 0 Å². The van der Waals surface area contributed by atoms with Crippen LogP contribution in [-0.2, 0) is 0 Å². The topological polar surface area (TPSA) is 0 Å². The fraction of sp³-hybridized carbons (Fsp3) is 0.833. The second-order valence-electron chi connectivity index (χ2n) is 4.76. The van der Waals surface area contributed by atoms with E-state index in [2.05, 4.69) is 53.2 Å². The molecule has 0 saturated carbocycles. The van der Waals surface area contributed by atoms with Gasteiger partial charge >= 0.3 is 84.6 Å². The van der Waals surface area contributed by atoms with Crippen LogP contribution in [0.2, 0.25) is 0 Å². The van der Waals surface area contributed by atoms with E-state index < -0.39 is 7.26 Å². The van der Waals surface area contributed by atoms with Gasteiger partial charge in [-0.2, -0.15) is 0 Å². The minimum absolute atomic E-state index is 0.822. The van der Waals surface area contributed by atoms with Crippen LogP contribution in [0.15, 0.2) is 12.2 Å². The van der Waals surface area contributed by atoms with E-state index in [9.17, 15) is 0 Å². The van der Waals surface area contributed by atoms with Crippen LogP contribution in [0.5, 0.6) is 0 Å². The Morgan fingerprint density at radius 1 is 1.15 bits per heavy atom. The summed E-state index contributed by atoms with van der Waals surface area (Å²) in [5.41, 5.74) is 1.76.